The van der Waals surface area contributed by atoms with Gasteiger partial charge in [0.05, 0.1) is 5.70 Å². The van der Waals surface area contributed by atoms with Gasteiger partial charge in [-0.1, -0.05) is 36.4 Å². The molecule has 2 amide bonds. The van der Waals surface area contributed by atoms with E-state index in [0.29, 0.717) is 11.3 Å². The molecule has 202 valence electrons. The van der Waals surface area contributed by atoms with Gasteiger partial charge in [-0.3, -0.25) is 14.6 Å². The van der Waals surface area contributed by atoms with Gasteiger partial charge >= 0.3 is 6.18 Å². The summed E-state index contributed by atoms with van der Waals surface area (Å²) < 4.78 is 58.4. The highest BCUT2D eigenvalue weighted by Crippen LogP contribution is 2.56. The molecule has 2 atom stereocenters. The number of nitrogens with one attached hydrogen (secondary N) is 1. The highest BCUT2D eigenvalue weighted by Gasteiger charge is 2.75. The van der Waals surface area contributed by atoms with Crippen molar-refractivity contribution in [3.63, 3.8) is 0 Å². The maximum Gasteiger partial charge on any atom is 0.403 e. The predicted octanol–water partition coefficient (Wildman–Crippen LogP) is 4.04. The highest BCUT2D eigenvalue weighted by atomic mass is 35.5. The lowest BCUT2D eigenvalue weighted by Crippen LogP contribution is -2.70. The number of amides is 2. The van der Waals surface area contributed by atoms with Crippen LogP contribution < -0.4 is 16.0 Å². The van der Waals surface area contributed by atoms with Gasteiger partial charge in [-0.05, 0) is 41.1 Å². The van der Waals surface area contributed by atoms with Crippen molar-refractivity contribution in [1.29, 1.82) is 0 Å². The van der Waals surface area contributed by atoms with Crippen LogP contribution in [0.4, 0.5) is 23.2 Å². The van der Waals surface area contributed by atoms with Crippen LogP contribution in [-0.2, 0) is 9.59 Å². The van der Waals surface area contributed by atoms with E-state index in [4.69, 9.17) is 5.73 Å². The maximum absolute atomic E-state index is 15.0. The highest BCUT2D eigenvalue weighted by molar-refractivity contribution is 6.42. The first-order valence-electron chi connectivity index (χ1n) is 11.9. The summed E-state index contributed by atoms with van der Waals surface area (Å²) in [6.45, 7) is -0.257. The molecule has 3 aromatic rings. The average molecular weight is 560 g/mol. The largest absolute Gasteiger partial charge is 0.403 e. The van der Waals surface area contributed by atoms with Gasteiger partial charge in [0.2, 0.25) is 0 Å². The van der Waals surface area contributed by atoms with Gasteiger partial charge in [-0.15, -0.1) is 12.4 Å². The van der Waals surface area contributed by atoms with Crippen LogP contribution >= 0.6 is 12.4 Å². The Morgan fingerprint density at radius 2 is 1.69 bits per heavy atom. The SMILES string of the molecule is Cl.NC(=O)C1=NN2C=C(c3ccc4ccccc4c3)NC(=O)C2C1(C1CN(c2ccc(F)cc2)C1)C(F)(F)F. The number of carbonyl (C=O) groups is 2. The van der Waals surface area contributed by atoms with Crippen LogP contribution in [0.3, 0.4) is 0 Å². The number of hydrogen-bond acceptors (Lipinski definition) is 5. The second-order valence-corrected chi connectivity index (χ2v) is 9.63. The monoisotopic (exact) mass is 559 g/mol. The van der Waals surface area contributed by atoms with E-state index in [0.717, 1.165) is 15.8 Å². The second-order valence-electron chi connectivity index (χ2n) is 9.63. The Hall–Kier alpha value is -4.12. The number of primary amides is 1. The van der Waals surface area contributed by atoms with Crippen LogP contribution in [0.5, 0.6) is 0 Å². The fraction of sp³-hybridized carbons (Fsp3) is 0.222. The molecule has 1 saturated heterocycles. The zero-order valence-electron chi connectivity index (χ0n) is 20.2. The number of benzene rings is 3. The first kappa shape index (κ1) is 26.5. The number of halogens is 5. The third-order valence-electron chi connectivity index (χ3n) is 7.55. The van der Waals surface area contributed by atoms with E-state index < -0.39 is 46.9 Å². The van der Waals surface area contributed by atoms with E-state index in [-0.39, 0.29) is 31.2 Å². The Kier molecular flexibility index (Phi) is 6.29. The van der Waals surface area contributed by atoms with Crippen LogP contribution in [0.25, 0.3) is 16.5 Å². The molecule has 1 fully saturated rings. The Bertz CT molecular complexity index is 1540. The lowest BCUT2D eigenvalue weighted by Gasteiger charge is -2.52. The molecular formula is C27H22ClF4N5O2. The molecule has 0 aromatic heterocycles. The van der Waals surface area contributed by atoms with Crippen LogP contribution in [-0.4, -0.2) is 47.8 Å². The molecule has 3 aromatic carbocycles. The Labute approximate surface area is 226 Å². The summed E-state index contributed by atoms with van der Waals surface area (Å²) in [4.78, 5) is 27.4. The summed E-state index contributed by atoms with van der Waals surface area (Å²) >= 11 is 0. The van der Waals surface area contributed by atoms with Crippen molar-refractivity contribution in [2.45, 2.75) is 12.2 Å². The molecule has 3 N–H and O–H groups in total. The molecule has 6 rings (SSSR count). The molecule has 0 bridgehead atoms. The van der Waals surface area contributed by atoms with Gasteiger partial charge < -0.3 is 16.0 Å². The minimum Gasteiger partial charge on any atom is -0.371 e. The van der Waals surface area contributed by atoms with Crippen molar-refractivity contribution >= 4 is 52.1 Å². The summed E-state index contributed by atoms with van der Waals surface area (Å²) in [6, 6.07) is 16.4. The number of alkyl halides is 3. The Morgan fingerprint density at radius 3 is 2.33 bits per heavy atom. The van der Waals surface area contributed by atoms with Crippen molar-refractivity contribution in [3.8, 4) is 0 Å². The minimum atomic E-state index is -5.02. The van der Waals surface area contributed by atoms with Crippen molar-refractivity contribution < 1.29 is 27.2 Å². The number of carbonyl (C=O) groups excluding carboxylic acids is 2. The number of nitrogens with two attached hydrogens (primary N) is 1. The van der Waals surface area contributed by atoms with Crippen molar-refractivity contribution in [2.75, 3.05) is 18.0 Å². The van der Waals surface area contributed by atoms with Crippen LogP contribution in [0, 0.1) is 17.2 Å². The molecule has 0 aliphatic carbocycles. The van der Waals surface area contributed by atoms with Gasteiger partial charge in [-0.25, -0.2) is 4.39 Å². The standard InChI is InChI=1S/C27H21F4N5O2.ClH/c28-19-7-9-20(10-8-19)35-12-18(13-35)26(27(29,30)31)22(24(32)37)34-36-14-21(33-25(38)23(26)36)17-6-5-15-3-1-2-4-16(15)11-17;/h1-11,14,18,23H,12-13H2,(H2,32,37)(H,33,38);1H. The minimum absolute atomic E-state index is 0. The molecule has 3 aliphatic heterocycles. The predicted molar refractivity (Wildman–Crippen MR) is 140 cm³/mol. The van der Waals surface area contributed by atoms with Crippen molar-refractivity contribution in [1.82, 2.24) is 10.3 Å². The summed E-state index contributed by atoms with van der Waals surface area (Å²) in [6.07, 6.45) is -3.71. The fourth-order valence-corrected chi connectivity index (χ4v) is 5.71. The molecule has 3 aliphatic rings. The number of rotatable bonds is 4. The van der Waals surface area contributed by atoms with Gasteiger partial charge in [0.25, 0.3) is 11.8 Å². The normalized spacial score (nSPS) is 22.9. The topological polar surface area (TPSA) is 91.0 Å². The molecule has 2 unspecified atom stereocenters. The van der Waals surface area contributed by atoms with Gasteiger partial charge in [0, 0.05) is 36.5 Å². The summed E-state index contributed by atoms with van der Waals surface area (Å²) in [5, 5.41) is 9.34. The lowest BCUT2D eigenvalue weighted by molar-refractivity contribution is -0.229. The van der Waals surface area contributed by atoms with E-state index >= 15 is 13.2 Å². The van der Waals surface area contributed by atoms with Gasteiger partial charge in [0.1, 0.15) is 11.5 Å². The van der Waals surface area contributed by atoms with Gasteiger partial charge in [-0.2, -0.15) is 18.3 Å². The third-order valence-corrected chi connectivity index (χ3v) is 7.55. The van der Waals surface area contributed by atoms with Crippen molar-refractivity contribution in [3.05, 3.63) is 84.3 Å². The first-order valence-corrected chi connectivity index (χ1v) is 11.9. The van der Waals surface area contributed by atoms with E-state index in [9.17, 15) is 14.0 Å². The molecule has 7 nitrogen and oxygen atoms in total. The van der Waals surface area contributed by atoms with Crippen LogP contribution in [0.15, 0.2) is 78.0 Å². The fourth-order valence-electron chi connectivity index (χ4n) is 5.71. The zero-order chi connectivity index (χ0) is 26.8. The molecular weight excluding hydrogens is 538 g/mol. The number of nitrogens with zero attached hydrogens (tertiary/aromatic N) is 3. The van der Waals surface area contributed by atoms with Crippen LogP contribution in [0.1, 0.15) is 5.56 Å². The molecule has 0 spiro atoms. The smallest absolute Gasteiger partial charge is 0.371 e. The maximum atomic E-state index is 15.0. The Morgan fingerprint density at radius 1 is 1.03 bits per heavy atom. The summed E-state index contributed by atoms with van der Waals surface area (Å²) in [5.41, 5.74) is 2.98. The summed E-state index contributed by atoms with van der Waals surface area (Å²) in [7, 11) is 0. The number of hydrazone groups is 1. The molecule has 0 radical (unpaired) electrons. The van der Waals surface area contributed by atoms with Crippen LogP contribution in [0.2, 0.25) is 0 Å². The number of hydrogen-bond donors (Lipinski definition) is 2. The second kappa shape index (κ2) is 9.26. The average Bonchev–Trinajstić information content (AvgIpc) is 3.21. The molecule has 39 heavy (non-hydrogen) atoms. The molecule has 12 heteroatoms. The van der Waals surface area contributed by atoms with E-state index in [2.05, 4.69) is 10.4 Å². The number of anilines is 1. The van der Waals surface area contributed by atoms with E-state index in [1.54, 1.807) is 17.0 Å². The van der Waals surface area contributed by atoms with Gasteiger partial charge in [0.15, 0.2) is 11.5 Å². The lowest BCUT2D eigenvalue weighted by atomic mass is 9.62. The van der Waals surface area contributed by atoms with E-state index in [1.165, 1.54) is 30.5 Å². The van der Waals surface area contributed by atoms with E-state index in [1.807, 2.05) is 30.3 Å². The summed E-state index contributed by atoms with van der Waals surface area (Å²) in [5.74, 6) is -3.95. The van der Waals surface area contributed by atoms with Crippen molar-refractivity contribution in [2.24, 2.45) is 22.2 Å². The Balaban J connectivity index is 0.00000308. The number of fused-ring (bicyclic) bond motifs is 2. The zero-order valence-corrected chi connectivity index (χ0v) is 21.0. The first-order chi connectivity index (χ1) is 18.1. The third kappa shape index (κ3) is 3.99. The molecule has 0 saturated carbocycles. The molecule has 3 heterocycles. The quantitative estimate of drug-likeness (QED) is 0.472.